The summed E-state index contributed by atoms with van der Waals surface area (Å²) >= 11 is 3.17. The van der Waals surface area contributed by atoms with Crippen LogP contribution < -0.4 is 15.2 Å². The van der Waals surface area contributed by atoms with Crippen molar-refractivity contribution in [1.82, 2.24) is 0 Å². The molecule has 0 radical (unpaired) electrons. The van der Waals surface area contributed by atoms with Gasteiger partial charge in [-0.3, -0.25) is 0 Å². The maximum Gasteiger partial charge on any atom is 0.154 e. The van der Waals surface area contributed by atoms with Crippen LogP contribution in [-0.2, 0) is 0 Å². The molecule has 37 heavy (non-hydrogen) atoms. The number of nitrogens with two attached hydrogens (primary N) is 1. The van der Waals surface area contributed by atoms with Gasteiger partial charge in [0.2, 0.25) is 0 Å². The number of ether oxygens (including phenoxy) is 2. The zero-order valence-electron chi connectivity index (χ0n) is 22.9. The summed E-state index contributed by atoms with van der Waals surface area (Å²) < 4.78 is 12.7. The minimum Gasteiger partial charge on any atom is -0.488 e. The molecule has 0 heterocycles. The third-order valence-corrected chi connectivity index (χ3v) is 8.70. The fraction of sp³-hybridized carbons (Fsp3) is 0.533. The molecule has 2 rings (SSSR count). The summed E-state index contributed by atoms with van der Waals surface area (Å²) in [7, 11) is 0. The van der Waals surface area contributed by atoms with Gasteiger partial charge in [0.1, 0.15) is 23.3 Å². The number of nitrogens with zero attached hydrogens (tertiary/aromatic N) is 2. The van der Waals surface area contributed by atoms with E-state index in [1.54, 1.807) is 11.8 Å². The number of anilines is 1. The summed E-state index contributed by atoms with van der Waals surface area (Å²) in [6, 6.07) is 12.2. The van der Waals surface area contributed by atoms with Gasteiger partial charge in [-0.2, -0.15) is 10.5 Å². The van der Waals surface area contributed by atoms with Gasteiger partial charge in [-0.1, -0.05) is 76.8 Å². The molecule has 0 aliphatic rings. The van der Waals surface area contributed by atoms with Crippen molar-refractivity contribution < 1.29 is 9.47 Å². The Bertz CT molecular complexity index is 1090. The summed E-state index contributed by atoms with van der Waals surface area (Å²) in [5.74, 6) is 1.82. The predicted octanol–water partition coefficient (Wildman–Crippen LogP) is 8.97. The average Bonchev–Trinajstić information content (AvgIpc) is 2.90. The Kier molecular flexibility index (Phi) is 13.6. The Labute approximate surface area is 232 Å². The smallest absolute Gasteiger partial charge is 0.154 e. The van der Waals surface area contributed by atoms with Gasteiger partial charge in [0.25, 0.3) is 0 Å². The Balaban J connectivity index is 2.67. The van der Waals surface area contributed by atoms with Gasteiger partial charge in [-0.15, -0.1) is 11.8 Å². The van der Waals surface area contributed by atoms with Gasteiger partial charge in [-0.25, -0.2) is 0 Å². The number of hydrogen-bond acceptors (Lipinski definition) is 7. The molecule has 2 atom stereocenters. The van der Waals surface area contributed by atoms with Gasteiger partial charge < -0.3 is 15.2 Å². The molecule has 0 aliphatic carbocycles. The van der Waals surface area contributed by atoms with Crippen LogP contribution in [0.3, 0.4) is 0 Å². The Morgan fingerprint density at radius 3 is 1.89 bits per heavy atom. The van der Waals surface area contributed by atoms with Crippen LogP contribution in [-0.4, -0.2) is 18.0 Å². The highest BCUT2D eigenvalue weighted by atomic mass is 32.2. The molecule has 0 aliphatic heterocycles. The van der Waals surface area contributed by atoms with E-state index in [-0.39, 0.29) is 23.3 Å². The molecule has 0 aromatic heterocycles. The minimum absolute atomic E-state index is 0.104. The largest absolute Gasteiger partial charge is 0.488 e. The fourth-order valence-electron chi connectivity index (χ4n) is 3.63. The molecule has 2 aromatic rings. The van der Waals surface area contributed by atoms with E-state index in [1.807, 2.05) is 52.0 Å². The number of benzene rings is 2. The summed E-state index contributed by atoms with van der Waals surface area (Å²) in [6.07, 6.45) is 8.57. The second-order valence-electron chi connectivity index (χ2n) is 9.22. The van der Waals surface area contributed by atoms with Crippen LogP contribution in [0.5, 0.6) is 11.5 Å². The molecule has 7 heteroatoms. The number of nitrogen functional groups attached to an aromatic ring is 1. The lowest BCUT2D eigenvalue weighted by Gasteiger charge is -2.25. The van der Waals surface area contributed by atoms with Gasteiger partial charge in [0, 0.05) is 10.6 Å². The van der Waals surface area contributed by atoms with Crippen molar-refractivity contribution in [2.24, 2.45) is 0 Å². The number of nitriles is 2. The standard InChI is InChI=1S/C30H41N3O2S2/c1-6-9-10-11-12-15-18-36-29-27(34-21(4)7-2)23(19-31)24(20-32)28(35-22(5)8-3)30(29)37-26-17-14-13-16-25(26)33/h13-14,16-17,21-22H,6-12,15,18,33H2,1-5H3. The van der Waals surface area contributed by atoms with E-state index in [1.165, 1.54) is 43.9 Å². The van der Waals surface area contributed by atoms with Gasteiger partial charge in [0.15, 0.2) is 11.5 Å². The van der Waals surface area contributed by atoms with Crippen molar-refractivity contribution in [2.75, 3.05) is 11.5 Å². The topological polar surface area (TPSA) is 92.1 Å². The first-order chi connectivity index (χ1) is 17.9. The number of thioether (sulfide) groups is 1. The number of unbranched alkanes of at least 4 members (excludes halogenated alkanes) is 5. The zero-order valence-corrected chi connectivity index (χ0v) is 24.6. The summed E-state index contributed by atoms with van der Waals surface area (Å²) in [6.45, 7) is 10.3. The third kappa shape index (κ3) is 8.80. The SMILES string of the molecule is CCCCCCCCSc1c(OC(C)CC)c(C#N)c(C#N)c(OC(C)CC)c1Sc1ccccc1N. The normalized spacial score (nSPS) is 12.4. The summed E-state index contributed by atoms with van der Waals surface area (Å²) in [5.41, 5.74) is 7.45. The fourth-order valence-corrected chi connectivity index (χ4v) is 5.97. The van der Waals surface area contributed by atoms with E-state index in [2.05, 4.69) is 19.1 Å². The van der Waals surface area contributed by atoms with E-state index in [0.717, 1.165) is 39.7 Å². The molecule has 2 unspecified atom stereocenters. The van der Waals surface area contributed by atoms with Crippen LogP contribution in [0.1, 0.15) is 97.1 Å². The van der Waals surface area contributed by atoms with Crippen LogP contribution >= 0.6 is 23.5 Å². The molecule has 2 N–H and O–H groups in total. The van der Waals surface area contributed by atoms with Crippen molar-refractivity contribution in [3.8, 4) is 23.6 Å². The minimum atomic E-state index is -0.121. The molecule has 0 amide bonds. The highest BCUT2D eigenvalue weighted by Crippen LogP contribution is 2.52. The Morgan fingerprint density at radius 2 is 1.35 bits per heavy atom. The van der Waals surface area contributed by atoms with E-state index >= 15 is 0 Å². The van der Waals surface area contributed by atoms with Crippen molar-refractivity contribution in [1.29, 1.82) is 10.5 Å². The molecule has 200 valence electrons. The van der Waals surface area contributed by atoms with Crippen LogP contribution in [0.2, 0.25) is 0 Å². The lowest BCUT2D eigenvalue weighted by molar-refractivity contribution is 0.200. The van der Waals surface area contributed by atoms with E-state index in [0.29, 0.717) is 17.2 Å². The van der Waals surface area contributed by atoms with Crippen LogP contribution in [0, 0.1) is 22.7 Å². The maximum absolute atomic E-state index is 10.2. The first kappa shape index (κ1) is 30.7. The number of para-hydroxylation sites is 1. The van der Waals surface area contributed by atoms with E-state index in [4.69, 9.17) is 15.2 Å². The molecule has 2 aromatic carbocycles. The highest BCUT2D eigenvalue weighted by molar-refractivity contribution is 8.02. The lowest BCUT2D eigenvalue weighted by atomic mass is 10.1. The first-order valence-electron chi connectivity index (χ1n) is 13.4. The third-order valence-electron chi connectivity index (χ3n) is 6.21. The zero-order chi connectivity index (χ0) is 27.2. The highest BCUT2D eigenvalue weighted by Gasteiger charge is 2.29. The van der Waals surface area contributed by atoms with Crippen LogP contribution in [0.4, 0.5) is 5.69 Å². The van der Waals surface area contributed by atoms with Crippen molar-refractivity contribution in [3.05, 3.63) is 35.4 Å². The average molecular weight is 540 g/mol. The van der Waals surface area contributed by atoms with Gasteiger partial charge >= 0.3 is 0 Å². The van der Waals surface area contributed by atoms with E-state index in [9.17, 15) is 10.5 Å². The van der Waals surface area contributed by atoms with Crippen molar-refractivity contribution in [2.45, 2.75) is 113 Å². The first-order valence-corrected chi connectivity index (χ1v) is 15.2. The van der Waals surface area contributed by atoms with Crippen molar-refractivity contribution in [3.63, 3.8) is 0 Å². The lowest BCUT2D eigenvalue weighted by Crippen LogP contribution is -2.16. The molecular formula is C30H41N3O2S2. The summed E-state index contributed by atoms with van der Waals surface area (Å²) in [5, 5.41) is 20.4. The van der Waals surface area contributed by atoms with Gasteiger partial charge in [0.05, 0.1) is 22.0 Å². The van der Waals surface area contributed by atoms with Crippen molar-refractivity contribution >= 4 is 29.2 Å². The van der Waals surface area contributed by atoms with Crippen LogP contribution in [0.25, 0.3) is 0 Å². The molecular weight excluding hydrogens is 498 g/mol. The summed E-state index contributed by atoms with van der Waals surface area (Å²) in [4.78, 5) is 2.53. The second-order valence-corrected chi connectivity index (χ2v) is 11.4. The molecule has 0 fully saturated rings. The van der Waals surface area contributed by atoms with E-state index < -0.39 is 0 Å². The Hall–Kier alpha value is -2.48. The quantitative estimate of drug-likeness (QED) is 0.129. The molecule has 0 spiro atoms. The van der Waals surface area contributed by atoms with Crippen LogP contribution in [0.15, 0.2) is 39.0 Å². The second kappa shape index (κ2) is 16.4. The number of rotatable bonds is 16. The van der Waals surface area contributed by atoms with Gasteiger partial charge in [-0.05, 0) is 51.0 Å². The molecule has 0 bridgehead atoms. The maximum atomic E-state index is 10.2. The molecule has 5 nitrogen and oxygen atoms in total. The predicted molar refractivity (Wildman–Crippen MR) is 156 cm³/mol. The molecule has 0 saturated carbocycles. The monoisotopic (exact) mass is 539 g/mol. The number of hydrogen-bond donors (Lipinski definition) is 1. The Morgan fingerprint density at radius 1 is 0.811 bits per heavy atom. The molecule has 0 saturated heterocycles.